The summed E-state index contributed by atoms with van der Waals surface area (Å²) < 4.78 is 66.8. The van der Waals surface area contributed by atoms with Gasteiger partial charge in [0.2, 0.25) is 10.9 Å². The van der Waals surface area contributed by atoms with E-state index in [0.29, 0.717) is 0 Å². The highest BCUT2D eigenvalue weighted by molar-refractivity contribution is 8.13. The monoisotopic (exact) mass is 305 g/mol. The lowest BCUT2D eigenvalue weighted by molar-refractivity contribution is -0.275. The van der Waals surface area contributed by atoms with Gasteiger partial charge in [0.05, 0.1) is 7.11 Å². The third-order valence-electron chi connectivity index (χ3n) is 1.75. The quantitative estimate of drug-likeness (QED) is 0.801. The van der Waals surface area contributed by atoms with Crippen molar-refractivity contribution < 1.29 is 31.1 Å². The Morgan fingerprint density at radius 1 is 1.39 bits per heavy atom. The molecule has 0 radical (unpaired) electrons. The first-order valence-corrected chi connectivity index (χ1v) is 6.61. The van der Waals surface area contributed by atoms with E-state index in [1.54, 1.807) is 0 Å². The normalized spacial score (nSPS) is 12.3. The van der Waals surface area contributed by atoms with Gasteiger partial charge in [-0.15, -0.1) is 13.2 Å². The first-order valence-electron chi connectivity index (χ1n) is 4.30. The third kappa shape index (κ3) is 3.64. The molecule has 0 unspecified atom stereocenters. The highest BCUT2D eigenvalue weighted by Gasteiger charge is 2.35. The van der Waals surface area contributed by atoms with Gasteiger partial charge in [0.25, 0.3) is 9.05 Å². The molecule has 0 fully saturated rings. The molecule has 10 heteroatoms. The Morgan fingerprint density at radius 2 is 1.94 bits per heavy atom. The lowest BCUT2D eigenvalue weighted by atomic mass is 10.3. The van der Waals surface area contributed by atoms with E-state index < -0.39 is 26.2 Å². The van der Waals surface area contributed by atoms with Crippen molar-refractivity contribution in [3.05, 3.63) is 11.6 Å². The molecule has 18 heavy (non-hydrogen) atoms. The molecule has 5 nitrogen and oxygen atoms in total. The van der Waals surface area contributed by atoms with Crippen LogP contribution in [-0.4, -0.2) is 26.9 Å². The van der Waals surface area contributed by atoms with E-state index in [4.69, 9.17) is 15.4 Å². The molecule has 1 aromatic rings. The summed E-state index contributed by atoms with van der Waals surface area (Å²) in [4.78, 5) is 3.38. The molecular weight excluding hydrogens is 299 g/mol. The van der Waals surface area contributed by atoms with Crippen molar-refractivity contribution in [3.63, 3.8) is 0 Å². The molecule has 0 amide bonds. The molecule has 0 atom stereocenters. The van der Waals surface area contributed by atoms with Crippen molar-refractivity contribution in [2.45, 2.75) is 18.3 Å². The van der Waals surface area contributed by atoms with E-state index in [0.717, 1.165) is 6.07 Å². The summed E-state index contributed by atoms with van der Waals surface area (Å²) in [5, 5.41) is -1.05. The van der Waals surface area contributed by atoms with Crippen molar-refractivity contribution in [3.8, 4) is 11.6 Å². The maximum atomic E-state index is 12.1. The molecule has 0 aliphatic heterocycles. The Kier molecular flexibility index (Phi) is 3.96. The highest BCUT2D eigenvalue weighted by atomic mass is 35.7. The number of aromatic nitrogens is 1. The van der Waals surface area contributed by atoms with Crippen LogP contribution in [0.3, 0.4) is 0 Å². The minimum Gasteiger partial charge on any atom is -0.481 e. The van der Waals surface area contributed by atoms with Crippen LogP contribution in [0.1, 0.15) is 5.56 Å². The van der Waals surface area contributed by atoms with Gasteiger partial charge in [-0.3, -0.25) is 0 Å². The fraction of sp³-hybridized carbons (Fsp3) is 0.375. The van der Waals surface area contributed by atoms with Gasteiger partial charge < -0.3 is 9.47 Å². The van der Waals surface area contributed by atoms with Gasteiger partial charge in [0.15, 0.2) is 5.75 Å². The molecule has 0 bridgehead atoms. The van der Waals surface area contributed by atoms with Gasteiger partial charge in [0.1, 0.15) is 0 Å². The lowest BCUT2D eigenvalue weighted by Gasteiger charge is -2.13. The number of hydrogen-bond donors (Lipinski definition) is 0. The average molecular weight is 306 g/mol. The van der Waals surface area contributed by atoms with Gasteiger partial charge in [0, 0.05) is 16.2 Å². The Morgan fingerprint density at radius 3 is 2.33 bits per heavy atom. The molecule has 1 aromatic heterocycles. The summed E-state index contributed by atoms with van der Waals surface area (Å²) in [6, 6.07) is 0.828. The second-order valence-corrected chi connectivity index (χ2v) is 5.58. The highest BCUT2D eigenvalue weighted by Crippen LogP contribution is 2.33. The fourth-order valence-corrected chi connectivity index (χ4v) is 2.00. The van der Waals surface area contributed by atoms with Gasteiger partial charge in [-0.2, -0.15) is 4.98 Å². The maximum Gasteiger partial charge on any atom is 0.573 e. The smallest absolute Gasteiger partial charge is 0.481 e. The topological polar surface area (TPSA) is 65.5 Å². The van der Waals surface area contributed by atoms with Crippen LogP contribution < -0.4 is 9.47 Å². The van der Waals surface area contributed by atoms with Crippen molar-refractivity contribution in [2.24, 2.45) is 0 Å². The van der Waals surface area contributed by atoms with Crippen LogP contribution in [-0.2, 0) is 9.05 Å². The molecule has 0 saturated carbocycles. The second-order valence-electron chi connectivity index (χ2n) is 3.10. The van der Waals surface area contributed by atoms with Crippen LogP contribution in [0.5, 0.6) is 11.6 Å². The largest absolute Gasteiger partial charge is 0.573 e. The van der Waals surface area contributed by atoms with Gasteiger partial charge in [-0.05, 0) is 13.0 Å². The summed E-state index contributed by atoms with van der Waals surface area (Å²) in [5.74, 6) is -1.17. The van der Waals surface area contributed by atoms with Crippen LogP contribution in [0.4, 0.5) is 13.2 Å². The molecule has 1 heterocycles. The van der Waals surface area contributed by atoms with Crippen LogP contribution in [0.2, 0.25) is 0 Å². The number of alkyl halides is 3. The summed E-state index contributed by atoms with van der Waals surface area (Å²) in [5.41, 5.74) is 0.167. The van der Waals surface area contributed by atoms with Crippen molar-refractivity contribution in [1.82, 2.24) is 4.98 Å². The first kappa shape index (κ1) is 14.8. The zero-order valence-corrected chi connectivity index (χ0v) is 10.7. The van der Waals surface area contributed by atoms with Gasteiger partial charge in [-0.25, -0.2) is 8.42 Å². The van der Waals surface area contributed by atoms with E-state index >= 15 is 0 Å². The SMILES string of the molecule is COc1nc(S(=O)(=O)Cl)c(OC(F)(F)F)cc1C. The van der Waals surface area contributed by atoms with Gasteiger partial charge >= 0.3 is 6.36 Å². The Hall–Kier alpha value is -1.22. The molecular formula is C8H7ClF3NO4S. The van der Waals surface area contributed by atoms with E-state index in [9.17, 15) is 21.6 Å². The number of nitrogens with zero attached hydrogens (tertiary/aromatic N) is 1. The van der Waals surface area contributed by atoms with Crippen LogP contribution in [0.25, 0.3) is 0 Å². The van der Waals surface area contributed by atoms with E-state index in [1.165, 1.54) is 14.0 Å². The fourth-order valence-electron chi connectivity index (χ4n) is 1.13. The molecule has 0 spiro atoms. The summed E-state index contributed by atoms with van der Waals surface area (Å²) in [6.07, 6.45) is -5.06. The summed E-state index contributed by atoms with van der Waals surface area (Å²) >= 11 is 0. The lowest BCUT2D eigenvalue weighted by Crippen LogP contribution is -2.19. The van der Waals surface area contributed by atoms with Crippen molar-refractivity contribution in [1.29, 1.82) is 0 Å². The number of ether oxygens (including phenoxy) is 2. The number of rotatable bonds is 3. The predicted molar refractivity (Wildman–Crippen MR) is 55.2 cm³/mol. The van der Waals surface area contributed by atoms with E-state index in [1.807, 2.05) is 0 Å². The van der Waals surface area contributed by atoms with Crippen molar-refractivity contribution >= 4 is 19.7 Å². The molecule has 0 aromatic carbocycles. The Bertz CT molecular complexity index is 558. The zero-order valence-electron chi connectivity index (χ0n) is 9.08. The number of hydrogen-bond acceptors (Lipinski definition) is 5. The zero-order chi connectivity index (χ0) is 14.1. The van der Waals surface area contributed by atoms with Crippen LogP contribution in [0, 0.1) is 6.92 Å². The third-order valence-corrected chi connectivity index (χ3v) is 2.94. The Labute approximate surface area is 105 Å². The van der Waals surface area contributed by atoms with Gasteiger partial charge in [-0.1, -0.05) is 0 Å². The molecule has 0 saturated heterocycles. The number of aryl methyl sites for hydroxylation is 1. The molecule has 0 N–H and O–H groups in total. The summed E-state index contributed by atoms with van der Waals surface area (Å²) in [6.45, 7) is 1.37. The van der Waals surface area contributed by atoms with E-state index in [-0.39, 0.29) is 11.4 Å². The van der Waals surface area contributed by atoms with Crippen LogP contribution >= 0.6 is 10.7 Å². The minimum absolute atomic E-state index is 0.163. The Balaban J connectivity index is 3.45. The second kappa shape index (κ2) is 4.81. The average Bonchev–Trinajstić information content (AvgIpc) is 2.13. The summed E-state index contributed by atoms with van der Waals surface area (Å²) in [7, 11) is 1.67. The minimum atomic E-state index is -5.06. The van der Waals surface area contributed by atoms with Crippen LogP contribution in [0.15, 0.2) is 11.1 Å². The maximum absolute atomic E-state index is 12.1. The number of halogens is 4. The van der Waals surface area contributed by atoms with E-state index in [2.05, 4.69) is 9.72 Å². The first-order chi connectivity index (χ1) is 8.04. The number of pyridine rings is 1. The molecule has 0 aliphatic rings. The van der Waals surface area contributed by atoms with Crippen molar-refractivity contribution in [2.75, 3.05) is 7.11 Å². The molecule has 1 rings (SSSR count). The molecule has 0 aliphatic carbocycles. The standard InChI is InChI=1S/C8H7ClF3NO4S/c1-4-3-5(17-8(10,11)12)7(18(9,14)15)13-6(4)16-2/h3H,1-2H3. The predicted octanol–water partition coefficient (Wildman–Crippen LogP) is 2.22. The molecule has 102 valence electrons. The number of methoxy groups -OCH3 is 1.